The van der Waals surface area contributed by atoms with E-state index in [0.717, 1.165) is 4.70 Å². The highest BCUT2D eigenvalue weighted by Crippen LogP contribution is 2.35. The van der Waals surface area contributed by atoms with Gasteiger partial charge in [-0.2, -0.15) is 0 Å². The van der Waals surface area contributed by atoms with Gasteiger partial charge < -0.3 is 5.32 Å². The second kappa shape index (κ2) is 3.96. The number of carbonyl (C=O) groups excluding carboxylic acids is 1. The van der Waals surface area contributed by atoms with Crippen molar-refractivity contribution in [3.05, 3.63) is 22.2 Å². The summed E-state index contributed by atoms with van der Waals surface area (Å²) < 4.78 is 0.896. The number of nitrogens with zero attached hydrogens (tertiary/aromatic N) is 1. The number of carbonyl (C=O) groups is 1. The SMILES string of the molecule is CC(=O)Nc1nc2c(Cl)c(Cl)ccc2s1. The fourth-order valence-electron chi connectivity index (χ4n) is 1.14. The number of anilines is 1. The van der Waals surface area contributed by atoms with Gasteiger partial charge in [0.2, 0.25) is 5.91 Å². The zero-order chi connectivity index (χ0) is 11.0. The number of benzene rings is 1. The van der Waals surface area contributed by atoms with E-state index < -0.39 is 0 Å². The molecule has 0 saturated heterocycles. The minimum Gasteiger partial charge on any atom is -0.302 e. The molecule has 1 amide bonds. The molecule has 0 radical (unpaired) electrons. The van der Waals surface area contributed by atoms with Crippen LogP contribution in [0.3, 0.4) is 0 Å². The Morgan fingerprint density at radius 3 is 2.87 bits per heavy atom. The topological polar surface area (TPSA) is 42.0 Å². The molecular formula is C9H6Cl2N2OS. The fourth-order valence-corrected chi connectivity index (χ4v) is 2.48. The summed E-state index contributed by atoms with van der Waals surface area (Å²) in [5.74, 6) is -0.156. The predicted octanol–water partition coefficient (Wildman–Crippen LogP) is 3.56. The average Bonchev–Trinajstić information content (AvgIpc) is 2.54. The Balaban J connectivity index is 2.56. The summed E-state index contributed by atoms with van der Waals surface area (Å²) >= 11 is 13.2. The zero-order valence-electron chi connectivity index (χ0n) is 7.67. The number of nitrogens with one attached hydrogen (secondary N) is 1. The molecule has 0 fully saturated rings. The minimum atomic E-state index is -0.156. The molecule has 15 heavy (non-hydrogen) atoms. The molecule has 0 bridgehead atoms. The Morgan fingerprint density at radius 1 is 1.47 bits per heavy atom. The van der Waals surface area contributed by atoms with Crippen molar-refractivity contribution in [1.29, 1.82) is 0 Å². The summed E-state index contributed by atoms with van der Waals surface area (Å²) in [6, 6.07) is 3.54. The quantitative estimate of drug-likeness (QED) is 0.852. The summed E-state index contributed by atoms with van der Waals surface area (Å²) in [7, 11) is 0. The highest BCUT2D eigenvalue weighted by molar-refractivity contribution is 7.22. The van der Waals surface area contributed by atoms with Crippen molar-refractivity contribution < 1.29 is 4.79 Å². The van der Waals surface area contributed by atoms with Crippen molar-refractivity contribution in [1.82, 2.24) is 4.98 Å². The first kappa shape index (κ1) is 10.7. The van der Waals surface area contributed by atoms with E-state index in [4.69, 9.17) is 23.2 Å². The summed E-state index contributed by atoms with van der Waals surface area (Å²) in [5, 5.41) is 4.02. The van der Waals surface area contributed by atoms with Crippen molar-refractivity contribution in [2.75, 3.05) is 5.32 Å². The van der Waals surface area contributed by atoms with E-state index in [1.54, 1.807) is 6.07 Å². The summed E-state index contributed by atoms with van der Waals surface area (Å²) in [5.41, 5.74) is 0.623. The molecule has 1 aromatic heterocycles. The second-order valence-corrected chi connectivity index (χ2v) is 4.72. The number of halogens is 2. The third-order valence-electron chi connectivity index (χ3n) is 1.73. The van der Waals surface area contributed by atoms with Crippen LogP contribution in [-0.4, -0.2) is 10.9 Å². The maximum atomic E-state index is 10.8. The molecule has 0 spiro atoms. The normalized spacial score (nSPS) is 10.6. The molecule has 1 N–H and O–H groups in total. The van der Waals surface area contributed by atoms with Gasteiger partial charge in [0.25, 0.3) is 0 Å². The Kier molecular flexibility index (Phi) is 2.82. The van der Waals surface area contributed by atoms with Crippen LogP contribution in [-0.2, 0) is 4.79 Å². The van der Waals surface area contributed by atoms with Crippen molar-refractivity contribution in [2.45, 2.75) is 6.92 Å². The smallest absolute Gasteiger partial charge is 0.223 e. The molecule has 6 heteroatoms. The number of thiazole rings is 1. The van der Waals surface area contributed by atoms with Gasteiger partial charge in [-0.05, 0) is 12.1 Å². The fraction of sp³-hybridized carbons (Fsp3) is 0.111. The lowest BCUT2D eigenvalue weighted by Gasteiger charge is -1.94. The Bertz CT molecular complexity index is 538. The molecule has 78 valence electrons. The largest absolute Gasteiger partial charge is 0.302 e. The number of hydrogen-bond donors (Lipinski definition) is 1. The average molecular weight is 261 g/mol. The number of amides is 1. The third kappa shape index (κ3) is 2.07. The maximum Gasteiger partial charge on any atom is 0.223 e. The Labute approximate surface area is 100 Å². The van der Waals surface area contributed by atoms with E-state index in [-0.39, 0.29) is 5.91 Å². The first-order valence-corrected chi connectivity index (χ1v) is 5.67. The lowest BCUT2D eigenvalue weighted by molar-refractivity contribution is -0.114. The predicted molar refractivity (Wildman–Crippen MR) is 63.9 cm³/mol. The van der Waals surface area contributed by atoms with Crippen molar-refractivity contribution in [3.8, 4) is 0 Å². The summed E-state index contributed by atoms with van der Waals surface area (Å²) in [6.45, 7) is 1.43. The third-order valence-corrected chi connectivity index (χ3v) is 3.47. The summed E-state index contributed by atoms with van der Waals surface area (Å²) in [6.07, 6.45) is 0. The summed E-state index contributed by atoms with van der Waals surface area (Å²) in [4.78, 5) is 15.0. The molecule has 1 heterocycles. The molecule has 3 nitrogen and oxygen atoms in total. The number of hydrogen-bond acceptors (Lipinski definition) is 3. The van der Waals surface area contributed by atoms with Gasteiger partial charge in [0.05, 0.1) is 14.7 Å². The van der Waals surface area contributed by atoms with Gasteiger partial charge in [-0.25, -0.2) is 4.98 Å². The monoisotopic (exact) mass is 260 g/mol. The lowest BCUT2D eigenvalue weighted by Crippen LogP contribution is -2.04. The van der Waals surface area contributed by atoms with E-state index in [9.17, 15) is 4.79 Å². The highest BCUT2D eigenvalue weighted by atomic mass is 35.5. The molecule has 1 aromatic carbocycles. The van der Waals surface area contributed by atoms with Crippen LogP contribution in [0.4, 0.5) is 5.13 Å². The first-order chi connectivity index (χ1) is 7.08. The molecule has 0 aliphatic heterocycles. The van der Waals surface area contributed by atoms with Gasteiger partial charge in [0.15, 0.2) is 5.13 Å². The van der Waals surface area contributed by atoms with Crippen LogP contribution in [0.25, 0.3) is 10.2 Å². The number of aromatic nitrogens is 1. The van der Waals surface area contributed by atoms with Crippen LogP contribution < -0.4 is 5.32 Å². The van der Waals surface area contributed by atoms with Crippen LogP contribution in [0.15, 0.2) is 12.1 Å². The number of rotatable bonds is 1. The van der Waals surface area contributed by atoms with Crippen LogP contribution in [0, 0.1) is 0 Å². The Morgan fingerprint density at radius 2 is 2.20 bits per heavy atom. The van der Waals surface area contributed by atoms with Crippen LogP contribution in [0.2, 0.25) is 10.0 Å². The molecular weight excluding hydrogens is 255 g/mol. The van der Waals surface area contributed by atoms with Crippen molar-refractivity contribution in [3.63, 3.8) is 0 Å². The zero-order valence-corrected chi connectivity index (χ0v) is 10.0. The molecule has 0 unspecified atom stereocenters. The van der Waals surface area contributed by atoms with E-state index in [2.05, 4.69) is 10.3 Å². The van der Waals surface area contributed by atoms with Crippen LogP contribution in [0.1, 0.15) is 6.92 Å². The standard InChI is InChI=1S/C9H6Cl2N2OS/c1-4(14)12-9-13-8-6(15-9)3-2-5(10)7(8)11/h2-3H,1H3,(H,12,13,14). The molecule has 0 aliphatic carbocycles. The van der Waals surface area contributed by atoms with E-state index in [1.807, 2.05) is 6.07 Å². The van der Waals surface area contributed by atoms with Gasteiger partial charge in [-0.1, -0.05) is 34.5 Å². The second-order valence-electron chi connectivity index (χ2n) is 2.91. The van der Waals surface area contributed by atoms with Gasteiger partial charge >= 0.3 is 0 Å². The molecule has 2 aromatic rings. The lowest BCUT2D eigenvalue weighted by atomic mass is 10.3. The number of fused-ring (bicyclic) bond motifs is 1. The highest BCUT2D eigenvalue weighted by Gasteiger charge is 2.10. The van der Waals surface area contributed by atoms with Gasteiger partial charge in [0, 0.05) is 6.92 Å². The molecule has 0 aliphatic rings. The van der Waals surface area contributed by atoms with Gasteiger partial charge in [0.1, 0.15) is 5.52 Å². The van der Waals surface area contributed by atoms with Gasteiger partial charge in [-0.15, -0.1) is 0 Å². The molecule has 0 saturated carbocycles. The molecule has 2 rings (SSSR count). The van der Waals surface area contributed by atoms with E-state index in [1.165, 1.54) is 18.3 Å². The first-order valence-electron chi connectivity index (χ1n) is 4.10. The van der Waals surface area contributed by atoms with Crippen molar-refractivity contribution in [2.24, 2.45) is 0 Å². The maximum absolute atomic E-state index is 10.8. The van der Waals surface area contributed by atoms with E-state index >= 15 is 0 Å². The van der Waals surface area contributed by atoms with Crippen molar-refractivity contribution >= 4 is 55.8 Å². The van der Waals surface area contributed by atoms with Crippen LogP contribution in [0.5, 0.6) is 0 Å². The van der Waals surface area contributed by atoms with Gasteiger partial charge in [-0.3, -0.25) is 4.79 Å². The molecule has 0 atom stereocenters. The Hall–Kier alpha value is -0.840. The van der Waals surface area contributed by atoms with E-state index in [0.29, 0.717) is 20.7 Å². The van der Waals surface area contributed by atoms with Crippen LogP contribution >= 0.6 is 34.5 Å². The minimum absolute atomic E-state index is 0.156.